The summed E-state index contributed by atoms with van der Waals surface area (Å²) in [5, 5.41) is 7.72. The minimum Gasteiger partial charge on any atom is -0.303 e. The third kappa shape index (κ3) is 2.66. The van der Waals surface area contributed by atoms with Gasteiger partial charge in [-0.15, -0.1) is 5.10 Å². The molecule has 88 valence electrons. The summed E-state index contributed by atoms with van der Waals surface area (Å²) in [6, 6.07) is 0. The molecule has 0 amide bonds. The van der Waals surface area contributed by atoms with Crippen molar-refractivity contribution in [3.05, 3.63) is 11.9 Å². The first-order chi connectivity index (χ1) is 7.81. The van der Waals surface area contributed by atoms with Crippen LogP contribution in [0.3, 0.4) is 0 Å². The summed E-state index contributed by atoms with van der Waals surface area (Å²) in [5.74, 6) is 0.634. The summed E-state index contributed by atoms with van der Waals surface area (Å²) in [7, 11) is 0. The van der Waals surface area contributed by atoms with Crippen LogP contribution >= 0.6 is 0 Å². The van der Waals surface area contributed by atoms with E-state index in [1.165, 1.54) is 19.4 Å². The quantitative estimate of drug-likeness (QED) is 0.708. The average molecular weight is 222 g/mol. The first-order valence-corrected chi connectivity index (χ1v) is 5.89. The maximum absolute atomic E-state index is 10.5. The number of aldehydes is 1. The van der Waals surface area contributed by atoms with Crippen LogP contribution < -0.4 is 0 Å². The zero-order valence-corrected chi connectivity index (χ0v) is 9.67. The Morgan fingerprint density at radius 2 is 2.50 bits per heavy atom. The van der Waals surface area contributed by atoms with Crippen LogP contribution in [0.4, 0.5) is 0 Å². The van der Waals surface area contributed by atoms with Crippen LogP contribution in [0.2, 0.25) is 0 Å². The summed E-state index contributed by atoms with van der Waals surface area (Å²) < 4.78 is 1.79. The monoisotopic (exact) mass is 222 g/mol. The van der Waals surface area contributed by atoms with E-state index in [1.54, 1.807) is 10.9 Å². The van der Waals surface area contributed by atoms with Gasteiger partial charge in [0.1, 0.15) is 5.69 Å². The van der Waals surface area contributed by atoms with E-state index < -0.39 is 0 Å². The molecule has 2 rings (SSSR count). The van der Waals surface area contributed by atoms with Crippen LogP contribution in [0.25, 0.3) is 0 Å². The molecule has 0 saturated carbocycles. The number of likely N-dealkylation sites (tertiary alicyclic amines) is 1. The highest BCUT2D eigenvalue weighted by atomic mass is 16.1. The second-order valence-corrected chi connectivity index (χ2v) is 4.38. The number of rotatable bonds is 4. The van der Waals surface area contributed by atoms with Crippen molar-refractivity contribution in [3.8, 4) is 0 Å². The third-order valence-corrected chi connectivity index (χ3v) is 3.17. The van der Waals surface area contributed by atoms with Crippen molar-refractivity contribution in [1.82, 2.24) is 19.9 Å². The zero-order chi connectivity index (χ0) is 11.4. The van der Waals surface area contributed by atoms with Crippen molar-refractivity contribution in [2.75, 3.05) is 19.6 Å². The lowest BCUT2D eigenvalue weighted by Crippen LogP contribution is -2.36. The average Bonchev–Trinajstić information content (AvgIpc) is 2.77. The Morgan fingerprint density at radius 1 is 1.62 bits per heavy atom. The van der Waals surface area contributed by atoms with Crippen LogP contribution in [0.1, 0.15) is 30.3 Å². The molecule has 0 aromatic carbocycles. The highest BCUT2D eigenvalue weighted by Gasteiger charge is 2.19. The molecule has 1 fully saturated rings. The van der Waals surface area contributed by atoms with Gasteiger partial charge in [-0.2, -0.15) is 0 Å². The van der Waals surface area contributed by atoms with Crippen LogP contribution in [0, 0.1) is 5.92 Å². The Labute approximate surface area is 95.4 Å². The first kappa shape index (κ1) is 11.3. The molecule has 0 bridgehead atoms. The number of carbonyl (C=O) groups excluding carboxylic acids is 1. The third-order valence-electron chi connectivity index (χ3n) is 3.17. The molecule has 1 atom stereocenters. The maximum Gasteiger partial charge on any atom is 0.171 e. The maximum atomic E-state index is 10.5. The predicted molar refractivity (Wildman–Crippen MR) is 60.2 cm³/mol. The largest absolute Gasteiger partial charge is 0.303 e. The molecule has 0 radical (unpaired) electrons. The van der Waals surface area contributed by atoms with Crippen LogP contribution in [0.5, 0.6) is 0 Å². The molecular weight excluding hydrogens is 204 g/mol. The Hall–Kier alpha value is -1.23. The van der Waals surface area contributed by atoms with Crippen molar-refractivity contribution in [1.29, 1.82) is 0 Å². The van der Waals surface area contributed by atoms with Gasteiger partial charge in [0.05, 0.1) is 6.20 Å². The fourth-order valence-corrected chi connectivity index (χ4v) is 2.31. The number of hydrogen-bond acceptors (Lipinski definition) is 4. The van der Waals surface area contributed by atoms with E-state index in [4.69, 9.17) is 0 Å². The number of nitrogens with zero attached hydrogens (tertiary/aromatic N) is 4. The molecular formula is C11H18N4O. The molecule has 1 aromatic heterocycles. The summed E-state index contributed by atoms with van der Waals surface area (Å²) in [6.45, 7) is 6.53. The molecule has 0 unspecified atom stereocenters. The number of piperidine rings is 1. The minimum atomic E-state index is 0.420. The molecule has 16 heavy (non-hydrogen) atoms. The lowest BCUT2D eigenvalue weighted by atomic mass is 9.98. The Balaban J connectivity index is 1.91. The van der Waals surface area contributed by atoms with E-state index in [9.17, 15) is 4.79 Å². The standard InChI is InChI=1S/C11H18N4O/c1-2-14-5-3-4-10(6-14)7-15-8-11(9-16)12-13-15/h8-10H,2-7H2,1H3/t10-/m0/s1. The van der Waals surface area contributed by atoms with Gasteiger partial charge in [0.2, 0.25) is 0 Å². The summed E-state index contributed by atoms with van der Waals surface area (Å²) >= 11 is 0. The topological polar surface area (TPSA) is 51.0 Å². The lowest BCUT2D eigenvalue weighted by molar-refractivity contribution is 0.111. The summed E-state index contributed by atoms with van der Waals surface area (Å²) in [4.78, 5) is 13.0. The van der Waals surface area contributed by atoms with Gasteiger partial charge in [0.25, 0.3) is 0 Å². The predicted octanol–water partition coefficient (Wildman–Crippen LogP) is 0.822. The van der Waals surface area contributed by atoms with E-state index >= 15 is 0 Å². The molecule has 0 N–H and O–H groups in total. The highest BCUT2D eigenvalue weighted by Crippen LogP contribution is 2.17. The molecule has 1 saturated heterocycles. The Bertz CT molecular complexity index is 350. The molecule has 1 aliphatic rings. The number of aromatic nitrogens is 3. The van der Waals surface area contributed by atoms with Gasteiger partial charge in [0.15, 0.2) is 6.29 Å². The molecule has 1 aromatic rings. The van der Waals surface area contributed by atoms with Gasteiger partial charge in [0, 0.05) is 13.1 Å². The molecule has 0 spiro atoms. The summed E-state index contributed by atoms with van der Waals surface area (Å²) in [6.07, 6.45) is 4.96. The molecule has 0 aliphatic carbocycles. The van der Waals surface area contributed by atoms with E-state index in [0.29, 0.717) is 11.6 Å². The highest BCUT2D eigenvalue weighted by molar-refractivity contribution is 5.70. The normalized spacial score (nSPS) is 22.2. The number of carbonyl (C=O) groups is 1. The SMILES string of the molecule is CCN1CCC[C@H](Cn2cc(C=O)nn2)C1. The van der Waals surface area contributed by atoms with E-state index in [1.807, 2.05) is 0 Å². The van der Waals surface area contributed by atoms with Gasteiger partial charge in [-0.05, 0) is 31.8 Å². The molecule has 1 aliphatic heterocycles. The fraction of sp³-hybridized carbons (Fsp3) is 0.727. The smallest absolute Gasteiger partial charge is 0.171 e. The van der Waals surface area contributed by atoms with Gasteiger partial charge < -0.3 is 4.90 Å². The van der Waals surface area contributed by atoms with E-state index in [0.717, 1.165) is 25.9 Å². The molecule has 2 heterocycles. The Kier molecular flexibility index (Phi) is 3.66. The van der Waals surface area contributed by atoms with Gasteiger partial charge in [-0.25, -0.2) is 0 Å². The second-order valence-electron chi connectivity index (χ2n) is 4.38. The van der Waals surface area contributed by atoms with Crippen LogP contribution in [-0.4, -0.2) is 45.8 Å². The molecule has 5 heteroatoms. The zero-order valence-electron chi connectivity index (χ0n) is 9.67. The second kappa shape index (κ2) is 5.21. The van der Waals surface area contributed by atoms with Crippen molar-refractivity contribution >= 4 is 6.29 Å². The van der Waals surface area contributed by atoms with Crippen molar-refractivity contribution in [2.45, 2.75) is 26.3 Å². The van der Waals surface area contributed by atoms with Crippen LogP contribution in [0.15, 0.2) is 6.20 Å². The van der Waals surface area contributed by atoms with Gasteiger partial charge in [-0.1, -0.05) is 12.1 Å². The summed E-state index contributed by atoms with van der Waals surface area (Å²) in [5.41, 5.74) is 0.420. The first-order valence-electron chi connectivity index (χ1n) is 5.89. The fourth-order valence-electron chi connectivity index (χ4n) is 2.31. The minimum absolute atomic E-state index is 0.420. The van der Waals surface area contributed by atoms with Gasteiger partial charge in [-0.3, -0.25) is 9.48 Å². The Morgan fingerprint density at radius 3 is 3.19 bits per heavy atom. The lowest BCUT2D eigenvalue weighted by Gasteiger charge is -2.31. The van der Waals surface area contributed by atoms with Crippen molar-refractivity contribution < 1.29 is 4.79 Å². The van der Waals surface area contributed by atoms with Crippen molar-refractivity contribution in [2.24, 2.45) is 5.92 Å². The van der Waals surface area contributed by atoms with Crippen LogP contribution in [-0.2, 0) is 6.54 Å². The van der Waals surface area contributed by atoms with E-state index in [2.05, 4.69) is 22.1 Å². The number of hydrogen-bond donors (Lipinski definition) is 0. The van der Waals surface area contributed by atoms with Crippen molar-refractivity contribution in [3.63, 3.8) is 0 Å². The van der Waals surface area contributed by atoms with E-state index in [-0.39, 0.29) is 0 Å². The van der Waals surface area contributed by atoms with Gasteiger partial charge >= 0.3 is 0 Å². The molecule has 5 nitrogen and oxygen atoms in total.